The standard InChI is InChI=1S/C15H12ClNO3S2/c1-3-5-20-13-10(16)6-9(7-11(13)19-4-2)8-12-14(18)17-15(21)22-12/h1,6-8H,4-5H2,2H3,(H,17,18,21)/b12-8-. The Hall–Kier alpha value is -1.68. The van der Waals surface area contributed by atoms with Crippen LogP contribution in [-0.2, 0) is 4.79 Å². The summed E-state index contributed by atoms with van der Waals surface area (Å²) in [5.41, 5.74) is 0.712. The van der Waals surface area contributed by atoms with Crippen LogP contribution >= 0.6 is 35.6 Å². The van der Waals surface area contributed by atoms with Crippen molar-refractivity contribution in [2.24, 2.45) is 0 Å². The minimum Gasteiger partial charge on any atom is -0.490 e. The summed E-state index contributed by atoms with van der Waals surface area (Å²) in [6, 6.07) is 3.42. The van der Waals surface area contributed by atoms with Crippen molar-refractivity contribution in [1.82, 2.24) is 5.32 Å². The van der Waals surface area contributed by atoms with E-state index >= 15 is 0 Å². The van der Waals surface area contributed by atoms with Gasteiger partial charge in [-0.15, -0.1) is 6.42 Å². The van der Waals surface area contributed by atoms with Gasteiger partial charge in [-0.3, -0.25) is 4.79 Å². The zero-order valence-corrected chi connectivity index (χ0v) is 14.0. The van der Waals surface area contributed by atoms with Crippen molar-refractivity contribution < 1.29 is 14.3 Å². The largest absolute Gasteiger partial charge is 0.490 e. The average molecular weight is 354 g/mol. The molecule has 4 nitrogen and oxygen atoms in total. The normalized spacial score (nSPS) is 15.6. The van der Waals surface area contributed by atoms with Crippen LogP contribution in [0.3, 0.4) is 0 Å². The molecule has 0 spiro atoms. The smallest absolute Gasteiger partial charge is 0.263 e. The number of hydrogen-bond acceptors (Lipinski definition) is 5. The Morgan fingerprint density at radius 2 is 2.27 bits per heavy atom. The fourth-order valence-corrected chi connectivity index (χ4v) is 3.08. The van der Waals surface area contributed by atoms with Gasteiger partial charge in [0.15, 0.2) is 11.5 Å². The van der Waals surface area contributed by atoms with Crippen LogP contribution in [0, 0.1) is 12.3 Å². The number of thiocarbonyl (C=S) groups is 1. The van der Waals surface area contributed by atoms with Crippen LogP contribution in [0.4, 0.5) is 0 Å². The first kappa shape index (κ1) is 16.7. The first-order valence-electron chi connectivity index (χ1n) is 6.32. The molecule has 0 atom stereocenters. The van der Waals surface area contributed by atoms with E-state index in [-0.39, 0.29) is 12.5 Å². The summed E-state index contributed by atoms with van der Waals surface area (Å²) in [6.45, 7) is 2.39. The fourth-order valence-electron chi connectivity index (χ4n) is 1.76. The number of carbonyl (C=O) groups excluding carboxylic acids is 1. The Morgan fingerprint density at radius 3 is 2.86 bits per heavy atom. The van der Waals surface area contributed by atoms with Crippen LogP contribution in [0.15, 0.2) is 17.0 Å². The van der Waals surface area contributed by atoms with Crippen molar-refractivity contribution in [1.29, 1.82) is 0 Å². The summed E-state index contributed by atoms with van der Waals surface area (Å²) in [5.74, 6) is 3.02. The Labute approximate surface area is 143 Å². The highest BCUT2D eigenvalue weighted by atomic mass is 35.5. The maximum atomic E-state index is 11.7. The van der Waals surface area contributed by atoms with Gasteiger partial charge in [0, 0.05) is 0 Å². The SMILES string of the molecule is C#CCOc1c(Cl)cc(/C=C2\SC(=S)NC2=O)cc1OCC. The van der Waals surface area contributed by atoms with Crippen LogP contribution in [0.5, 0.6) is 11.5 Å². The first-order valence-corrected chi connectivity index (χ1v) is 7.93. The molecular formula is C15H12ClNO3S2. The lowest BCUT2D eigenvalue weighted by Gasteiger charge is -2.13. The molecule has 1 N–H and O–H groups in total. The number of thioether (sulfide) groups is 1. The van der Waals surface area contributed by atoms with E-state index in [2.05, 4.69) is 11.2 Å². The Morgan fingerprint density at radius 1 is 1.50 bits per heavy atom. The van der Waals surface area contributed by atoms with Gasteiger partial charge >= 0.3 is 0 Å². The zero-order valence-electron chi connectivity index (χ0n) is 11.6. The van der Waals surface area contributed by atoms with E-state index in [1.807, 2.05) is 6.92 Å². The van der Waals surface area contributed by atoms with E-state index in [1.54, 1.807) is 18.2 Å². The monoisotopic (exact) mass is 353 g/mol. The lowest BCUT2D eigenvalue weighted by molar-refractivity contribution is -0.115. The van der Waals surface area contributed by atoms with Crippen molar-refractivity contribution in [3.05, 3.63) is 27.6 Å². The molecule has 0 radical (unpaired) electrons. The zero-order chi connectivity index (χ0) is 16.1. The number of benzene rings is 1. The molecule has 0 aliphatic carbocycles. The molecule has 1 aliphatic rings. The predicted octanol–water partition coefficient (Wildman–Crippen LogP) is 3.24. The van der Waals surface area contributed by atoms with Gasteiger partial charge in [0.25, 0.3) is 5.91 Å². The summed E-state index contributed by atoms with van der Waals surface area (Å²) >= 11 is 12.4. The number of carbonyl (C=O) groups is 1. The van der Waals surface area contributed by atoms with Gasteiger partial charge < -0.3 is 14.8 Å². The molecule has 1 aliphatic heterocycles. The second kappa shape index (κ2) is 7.54. The number of amides is 1. The molecule has 1 aromatic carbocycles. The molecule has 0 aromatic heterocycles. The third-order valence-electron chi connectivity index (χ3n) is 2.57. The van der Waals surface area contributed by atoms with E-state index in [0.29, 0.717) is 37.9 Å². The molecule has 1 saturated heterocycles. The van der Waals surface area contributed by atoms with Crippen LogP contribution in [-0.4, -0.2) is 23.4 Å². The van der Waals surface area contributed by atoms with Crippen LogP contribution in [0.1, 0.15) is 12.5 Å². The summed E-state index contributed by atoms with van der Waals surface area (Å²) in [6.07, 6.45) is 6.88. The van der Waals surface area contributed by atoms with Crippen LogP contribution in [0.2, 0.25) is 5.02 Å². The second-order valence-electron chi connectivity index (χ2n) is 4.11. The van der Waals surface area contributed by atoms with Gasteiger partial charge in [-0.25, -0.2) is 0 Å². The van der Waals surface area contributed by atoms with Gasteiger partial charge in [0.2, 0.25) is 0 Å². The lowest BCUT2D eigenvalue weighted by Crippen LogP contribution is -2.17. The highest BCUT2D eigenvalue weighted by Gasteiger charge is 2.22. The number of ether oxygens (including phenoxy) is 2. The molecule has 0 unspecified atom stereocenters. The molecule has 2 rings (SSSR count). The van der Waals surface area contributed by atoms with Crippen LogP contribution in [0.25, 0.3) is 6.08 Å². The van der Waals surface area contributed by atoms with Crippen molar-refractivity contribution in [3.63, 3.8) is 0 Å². The molecule has 1 fully saturated rings. The van der Waals surface area contributed by atoms with Crippen molar-refractivity contribution in [2.75, 3.05) is 13.2 Å². The molecule has 114 valence electrons. The van der Waals surface area contributed by atoms with Gasteiger partial charge in [-0.2, -0.15) is 0 Å². The topological polar surface area (TPSA) is 47.6 Å². The van der Waals surface area contributed by atoms with Crippen molar-refractivity contribution in [2.45, 2.75) is 6.92 Å². The van der Waals surface area contributed by atoms with E-state index < -0.39 is 0 Å². The van der Waals surface area contributed by atoms with E-state index in [4.69, 9.17) is 39.7 Å². The maximum Gasteiger partial charge on any atom is 0.263 e. The molecule has 1 amide bonds. The fraction of sp³-hybridized carbons (Fsp3) is 0.200. The summed E-state index contributed by atoms with van der Waals surface area (Å²) in [5, 5.41) is 2.92. The summed E-state index contributed by atoms with van der Waals surface area (Å²) in [4.78, 5) is 12.2. The summed E-state index contributed by atoms with van der Waals surface area (Å²) < 4.78 is 11.4. The molecule has 0 bridgehead atoms. The Kier molecular flexibility index (Phi) is 5.72. The molecule has 22 heavy (non-hydrogen) atoms. The average Bonchev–Trinajstić information content (AvgIpc) is 2.76. The van der Waals surface area contributed by atoms with Crippen LogP contribution < -0.4 is 14.8 Å². The first-order chi connectivity index (χ1) is 10.5. The number of hydrogen-bond donors (Lipinski definition) is 1. The quantitative estimate of drug-likeness (QED) is 0.500. The molecule has 1 aromatic rings. The number of halogens is 1. The summed E-state index contributed by atoms with van der Waals surface area (Å²) in [7, 11) is 0. The minimum absolute atomic E-state index is 0.0900. The number of nitrogens with one attached hydrogen (secondary N) is 1. The molecule has 1 heterocycles. The number of terminal acetylenes is 1. The Balaban J connectivity index is 2.38. The van der Waals surface area contributed by atoms with Gasteiger partial charge in [-0.05, 0) is 30.7 Å². The van der Waals surface area contributed by atoms with Gasteiger partial charge in [0.05, 0.1) is 16.5 Å². The third kappa shape index (κ3) is 3.95. The molecule has 0 saturated carbocycles. The molecular weight excluding hydrogens is 342 g/mol. The van der Waals surface area contributed by atoms with Gasteiger partial charge in [0.1, 0.15) is 10.9 Å². The molecule has 7 heteroatoms. The van der Waals surface area contributed by atoms with E-state index in [1.165, 1.54) is 11.8 Å². The predicted molar refractivity (Wildman–Crippen MR) is 93.3 cm³/mol. The van der Waals surface area contributed by atoms with Crippen molar-refractivity contribution >= 4 is 51.9 Å². The Bertz CT molecular complexity index is 695. The maximum absolute atomic E-state index is 11.7. The van der Waals surface area contributed by atoms with E-state index in [9.17, 15) is 4.79 Å². The lowest BCUT2D eigenvalue weighted by atomic mass is 10.2. The number of rotatable bonds is 5. The second-order valence-corrected chi connectivity index (χ2v) is 6.23. The highest BCUT2D eigenvalue weighted by Crippen LogP contribution is 2.38. The van der Waals surface area contributed by atoms with Crippen molar-refractivity contribution in [3.8, 4) is 23.8 Å². The van der Waals surface area contributed by atoms with E-state index in [0.717, 1.165) is 0 Å². The minimum atomic E-state index is -0.225. The van der Waals surface area contributed by atoms with Gasteiger partial charge in [-0.1, -0.05) is 41.5 Å². The highest BCUT2D eigenvalue weighted by molar-refractivity contribution is 8.26. The third-order valence-corrected chi connectivity index (χ3v) is 4.01.